The molecule has 2 atom stereocenters. The fourth-order valence-corrected chi connectivity index (χ4v) is 2.37. The van der Waals surface area contributed by atoms with E-state index in [1.54, 1.807) is 0 Å². The lowest BCUT2D eigenvalue weighted by atomic mass is 9.59. The van der Waals surface area contributed by atoms with Crippen LogP contribution in [0.4, 0.5) is 0 Å². The molecule has 1 spiro atoms. The lowest BCUT2D eigenvalue weighted by Crippen LogP contribution is -2.61. The van der Waals surface area contributed by atoms with E-state index in [0.717, 1.165) is 18.4 Å². The van der Waals surface area contributed by atoms with Crippen molar-refractivity contribution in [2.45, 2.75) is 32.3 Å². The van der Waals surface area contributed by atoms with Crippen LogP contribution in [0.3, 0.4) is 0 Å². The maximum atomic E-state index is 5.58. The molecule has 52 valence electrons. The number of hydrogen-bond acceptors (Lipinski definition) is 1. The van der Waals surface area contributed by atoms with Crippen molar-refractivity contribution in [2.24, 2.45) is 11.8 Å². The summed E-state index contributed by atoms with van der Waals surface area (Å²) in [5, 5.41) is 0. The summed E-state index contributed by atoms with van der Waals surface area (Å²) in [6.07, 6.45) is 2.69. The highest BCUT2D eigenvalue weighted by Crippen LogP contribution is 2.53. The smallest absolute Gasteiger partial charge is 0.0755 e. The summed E-state index contributed by atoms with van der Waals surface area (Å²) in [5.41, 5.74) is 0.361. The fourth-order valence-electron chi connectivity index (χ4n) is 2.37. The molecule has 0 aromatic heterocycles. The Kier molecular flexibility index (Phi) is 0.963. The Balaban J connectivity index is 2.08. The Morgan fingerprint density at radius 2 is 1.89 bits per heavy atom. The minimum absolute atomic E-state index is 0.361. The average Bonchev–Trinajstić information content (AvgIpc) is 1.60. The highest BCUT2D eigenvalue weighted by atomic mass is 16.5. The molecule has 1 nitrogen and oxygen atoms in total. The molecule has 0 bridgehead atoms. The first-order valence-corrected chi connectivity index (χ1v) is 3.89. The molecule has 1 heterocycles. The number of rotatable bonds is 0. The van der Waals surface area contributed by atoms with E-state index in [4.69, 9.17) is 4.74 Å². The molecule has 0 aromatic rings. The molecule has 1 aliphatic heterocycles. The van der Waals surface area contributed by atoms with Crippen LogP contribution in [-0.2, 0) is 4.74 Å². The molecule has 1 heteroatoms. The summed E-state index contributed by atoms with van der Waals surface area (Å²) < 4.78 is 5.58. The molecule has 2 rings (SSSR count). The zero-order valence-electron chi connectivity index (χ0n) is 6.18. The van der Waals surface area contributed by atoms with Gasteiger partial charge in [0.05, 0.1) is 12.2 Å². The molecule has 0 amide bonds. The molecule has 1 saturated heterocycles. The molecular formula is C8H14O. The van der Waals surface area contributed by atoms with Crippen molar-refractivity contribution in [3.8, 4) is 0 Å². The largest absolute Gasteiger partial charge is 0.374 e. The van der Waals surface area contributed by atoms with Gasteiger partial charge >= 0.3 is 0 Å². The second kappa shape index (κ2) is 1.51. The molecule has 0 N–H and O–H groups in total. The summed E-state index contributed by atoms with van der Waals surface area (Å²) in [4.78, 5) is 0. The van der Waals surface area contributed by atoms with Crippen molar-refractivity contribution in [1.82, 2.24) is 0 Å². The third kappa shape index (κ3) is 0.493. The van der Waals surface area contributed by atoms with Gasteiger partial charge in [-0.05, 0) is 18.3 Å². The summed E-state index contributed by atoms with van der Waals surface area (Å²) in [5.74, 6) is 1.67. The molecule has 2 unspecified atom stereocenters. The molecule has 1 saturated carbocycles. The predicted octanol–water partition coefficient (Wildman–Crippen LogP) is 1.82. The zero-order valence-corrected chi connectivity index (χ0v) is 6.18. The van der Waals surface area contributed by atoms with Crippen LogP contribution in [0.1, 0.15) is 26.7 Å². The molecule has 2 aliphatic rings. The van der Waals surface area contributed by atoms with Gasteiger partial charge in [-0.3, -0.25) is 0 Å². The lowest BCUT2D eigenvalue weighted by Gasteiger charge is -2.59. The minimum Gasteiger partial charge on any atom is -0.374 e. The van der Waals surface area contributed by atoms with Crippen molar-refractivity contribution in [3.05, 3.63) is 0 Å². The van der Waals surface area contributed by atoms with Gasteiger partial charge in [-0.25, -0.2) is 0 Å². The zero-order chi connectivity index (χ0) is 6.48. The van der Waals surface area contributed by atoms with Gasteiger partial charge in [0.2, 0.25) is 0 Å². The van der Waals surface area contributed by atoms with Gasteiger partial charge in [-0.1, -0.05) is 13.8 Å². The van der Waals surface area contributed by atoms with Crippen molar-refractivity contribution in [1.29, 1.82) is 0 Å². The van der Waals surface area contributed by atoms with E-state index in [0.29, 0.717) is 5.60 Å². The highest BCUT2D eigenvalue weighted by Gasteiger charge is 2.55. The van der Waals surface area contributed by atoms with Crippen molar-refractivity contribution < 1.29 is 4.74 Å². The van der Waals surface area contributed by atoms with Gasteiger partial charge < -0.3 is 4.74 Å². The second-order valence-electron chi connectivity index (χ2n) is 3.59. The van der Waals surface area contributed by atoms with E-state index < -0.39 is 0 Å². The highest BCUT2D eigenvalue weighted by molar-refractivity contribution is 5.04. The van der Waals surface area contributed by atoms with E-state index >= 15 is 0 Å². The van der Waals surface area contributed by atoms with Crippen LogP contribution < -0.4 is 0 Å². The first kappa shape index (κ1) is 5.72. The predicted molar refractivity (Wildman–Crippen MR) is 36.2 cm³/mol. The van der Waals surface area contributed by atoms with Gasteiger partial charge in [0.25, 0.3) is 0 Å². The Hall–Kier alpha value is -0.0400. The molecular weight excluding hydrogens is 112 g/mol. The van der Waals surface area contributed by atoms with E-state index in [9.17, 15) is 0 Å². The van der Waals surface area contributed by atoms with Crippen LogP contribution in [0.2, 0.25) is 0 Å². The monoisotopic (exact) mass is 126 g/mol. The first-order valence-electron chi connectivity index (χ1n) is 3.89. The van der Waals surface area contributed by atoms with Crippen LogP contribution in [0.5, 0.6) is 0 Å². The molecule has 0 radical (unpaired) electrons. The first-order chi connectivity index (χ1) is 4.26. The Morgan fingerprint density at radius 1 is 1.33 bits per heavy atom. The van der Waals surface area contributed by atoms with E-state index in [-0.39, 0.29) is 0 Å². The third-order valence-electron chi connectivity index (χ3n) is 3.24. The Labute approximate surface area is 56.4 Å². The van der Waals surface area contributed by atoms with Crippen LogP contribution >= 0.6 is 0 Å². The van der Waals surface area contributed by atoms with Gasteiger partial charge in [0.15, 0.2) is 0 Å². The SMILES string of the molecule is CC1CC(C)C12CCO2. The van der Waals surface area contributed by atoms with Crippen LogP contribution in [-0.4, -0.2) is 12.2 Å². The lowest BCUT2D eigenvalue weighted by molar-refractivity contribution is -0.258. The van der Waals surface area contributed by atoms with Crippen LogP contribution in [0.15, 0.2) is 0 Å². The Bertz CT molecular complexity index is 117. The van der Waals surface area contributed by atoms with E-state index in [1.807, 2.05) is 0 Å². The topological polar surface area (TPSA) is 9.23 Å². The van der Waals surface area contributed by atoms with Crippen molar-refractivity contribution in [2.75, 3.05) is 6.61 Å². The standard InChI is InChI=1S/C8H14O/c1-6-5-7(2)8(6)3-4-9-8/h6-7H,3-5H2,1-2H3. The molecule has 1 aliphatic carbocycles. The molecule has 2 fully saturated rings. The summed E-state index contributed by atoms with van der Waals surface area (Å²) in [7, 11) is 0. The minimum atomic E-state index is 0.361. The summed E-state index contributed by atoms with van der Waals surface area (Å²) in [6.45, 7) is 5.62. The summed E-state index contributed by atoms with van der Waals surface area (Å²) >= 11 is 0. The second-order valence-corrected chi connectivity index (χ2v) is 3.59. The number of hydrogen-bond donors (Lipinski definition) is 0. The normalized spacial score (nSPS) is 56.7. The van der Waals surface area contributed by atoms with Gasteiger partial charge in [0.1, 0.15) is 0 Å². The quantitative estimate of drug-likeness (QED) is 0.481. The van der Waals surface area contributed by atoms with Crippen molar-refractivity contribution in [3.63, 3.8) is 0 Å². The van der Waals surface area contributed by atoms with E-state index in [1.165, 1.54) is 12.8 Å². The Morgan fingerprint density at radius 3 is 2.00 bits per heavy atom. The summed E-state index contributed by atoms with van der Waals surface area (Å²) in [6, 6.07) is 0. The van der Waals surface area contributed by atoms with E-state index in [2.05, 4.69) is 13.8 Å². The third-order valence-corrected chi connectivity index (χ3v) is 3.24. The van der Waals surface area contributed by atoms with Gasteiger partial charge in [-0.15, -0.1) is 0 Å². The number of ether oxygens (including phenoxy) is 1. The van der Waals surface area contributed by atoms with Crippen LogP contribution in [0, 0.1) is 11.8 Å². The van der Waals surface area contributed by atoms with Crippen LogP contribution in [0.25, 0.3) is 0 Å². The van der Waals surface area contributed by atoms with Crippen molar-refractivity contribution >= 4 is 0 Å². The fraction of sp³-hybridized carbons (Fsp3) is 1.00. The van der Waals surface area contributed by atoms with Gasteiger partial charge in [0, 0.05) is 6.42 Å². The van der Waals surface area contributed by atoms with Gasteiger partial charge in [-0.2, -0.15) is 0 Å². The maximum absolute atomic E-state index is 5.58. The molecule has 9 heavy (non-hydrogen) atoms. The molecule has 0 aromatic carbocycles. The maximum Gasteiger partial charge on any atom is 0.0755 e. The average molecular weight is 126 g/mol.